The molecule has 2 heterocycles. The van der Waals surface area contributed by atoms with Gasteiger partial charge in [0.05, 0.1) is 5.69 Å². The first-order valence-corrected chi connectivity index (χ1v) is 12.7. The van der Waals surface area contributed by atoms with E-state index in [1.165, 1.54) is 37.0 Å². The highest BCUT2D eigenvalue weighted by atomic mass is 16.1. The van der Waals surface area contributed by atoms with Crippen LogP contribution in [0.15, 0.2) is 59.9 Å². The van der Waals surface area contributed by atoms with Crippen LogP contribution in [0.2, 0.25) is 0 Å². The molecule has 0 bridgehead atoms. The zero-order chi connectivity index (χ0) is 25.5. The Labute approximate surface area is 212 Å². The molecule has 3 aromatic rings. The number of carbonyl (C=O) groups is 1. The summed E-state index contributed by atoms with van der Waals surface area (Å²) in [6, 6.07) is 16.1. The summed E-state index contributed by atoms with van der Waals surface area (Å²) in [5.74, 6) is 0. The summed E-state index contributed by atoms with van der Waals surface area (Å²) in [5.41, 5.74) is 6.66. The van der Waals surface area contributed by atoms with Gasteiger partial charge < -0.3 is 15.5 Å². The van der Waals surface area contributed by atoms with Crippen molar-refractivity contribution >= 4 is 17.8 Å². The number of carbonyl (C=O) groups excluding carboxylic acids is 1. The number of amides is 1. The molecule has 4 rings (SSSR count). The maximum absolute atomic E-state index is 12.4. The number of aromatic nitrogens is 2. The Morgan fingerprint density at radius 3 is 2.58 bits per heavy atom. The van der Waals surface area contributed by atoms with E-state index in [0.717, 1.165) is 46.6 Å². The molecule has 1 fully saturated rings. The third-order valence-corrected chi connectivity index (χ3v) is 6.62. The maximum atomic E-state index is 12.4. The molecule has 36 heavy (non-hydrogen) atoms. The summed E-state index contributed by atoms with van der Waals surface area (Å²) in [5, 5.41) is 10.5. The molecule has 7 nitrogen and oxygen atoms in total. The zero-order valence-electron chi connectivity index (χ0n) is 21.2. The molecule has 0 aliphatic carbocycles. The highest BCUT2D eigenvalue weighted by Gasteiger charge is 2.12. The van der Waals surface area contributed by atoms with E-state index in [2.05, 4.69) is 64.5 Å². The summed E-state index contributed by atoms with van der Waals surface area (Å²) in [6.07, 6.45) is 4.45. The molecule has 2 aromatic carbocycles. The monoisotopic (exact) mass is 485 g/mol. The van der Waals surface area contributed by atoms with E-state index in [1.54, 1.807) is 6.07 Å². The minimum Gasteiger partial charge on any atom is -0.384 e. The third kappa shape index (κ3) is 6.10. The standard InChI is InChI=1S/C29H35N5O2/c1-4-34-29(36)28(31-20-35)19-27(32-34)24-10-8-9-23(17-24)26-16-21(2)15-25(18-26)22(3)30-11-14-33-12-6-5-7-13-33/h8-10,15-20,30H,3-7,11-14H2,1-2H3,(H,31,35). The largest absolute Gasteiger partial charge is 0.384 e. The number of likely N-dealkylation sites (tertiary alicyclic amines) is 1. The first-order chi connectivity index (χ1) is 17.5. The van der Waals surface area contributed by atoms with Crippen molar-refractivity contribution in [2.75, 3.05) is 31.5 Å². The van der Waals surface area contributed by atoms with Crippen molar-refractivity contribution in [1.29, 1.82) is 0 Å². The number of hydrogen-bond donors (Lipinski definition) is 2. The summed E-state index contributed by atoms with van der Waals surface area (Å²) < 4.78 is 1.36. The van der Waals surface area contributed by atoms with Crippen molar-refractivity contribution in [2.45, 2.75) is 39.7 Å². The second-order valence-corrected chi connectivity index (χ2v) is 9.30. The van der Waals surface area contributed by atoms with Crippen LogP contribution < -0.4 is 16.2 Å². The normalized spacial score (nSPS) is 13.8. The van der Waals surface area contributed by atoms with Crippen LogP contribution in [0.25, 0.3) is 28.1 Å². The van der Waals surface area contributed by atoms with E-state index in [4.69, 9.17) is 0 Å². The number of rotatable bonds is 10. The van der Waals surface area contributed by atoms with E-state index in [0.29, 0.717) is 18.6 Å². The van der Waals surface area contributed by atoms with Gasteiger partial charge in [0.1, 0.15) is 5.69 Å². The van der Waals surface area contributed by atoms with E-state index >= 15 is 0 Å². The molecule has 0 spiro atoms. The highest BCUT2D eigenvalue weighted by Crippen LogP contribution is 2.28. The molecule has 188 valence electrons. The fraction of sp³-hybridized carbons (Fsp3) is 0.345. The minimum atomic E-state index is -0.320. The van der Waals surface area contributed by atoms with Gasteiger partial charge >= 0.3 is 0 Å². The van der Waals surface area contributed by atoms with Crippen LogP contribution in [0, 0.1) is 6.92 Å². The Morgan fingerprint density at radius 1 is 1.06 bits per heavy atom. The van der Waals surface area contributed by atoms with E-state index in [9.17, 15) is 9.59 Å². The molecule has 2 N–H and O–H groups in total. The molecule has 1 amide bonds. The molecule has 0 radical (unpaired) electrons. The summed E-state index contributed by atoms with van der Waals surface area (Å²) >= 11 is 0. The molecule has 7 heteroatoms. The Bertz CT molecular complexity index is 1290. The smallest absolute Gasteiger partial charge is 0.290 e. The zero-order valence-corrected chi connectivity index (χ0v) is 21.2. The van der Waals surface area contributed by atoms with Crippen LogP contribution in [0.1, 0.15) is 37.3 Å². The summed E-state index contributed by atoms with van der Waals surface area (Å²) in [4.78, 5) is 25.9. The van der Waals surface area contributed by atoms with Crippen molar-refractivity contribution in [3.05, 3.63) is 76.6 Å². The second kappa shape index (κ2) is 11.8. The third-order valence-electron chi connectivity index (χ3n) is 6.62. The number of piperidine rings is 1. The SMILES string of the molecule is C=C(NCCN1CCCCC1)c1cc(C)cc(-c2cccc(-c3cc(NC=O)c(=O)n(CC)n3)c2)c1. The van der Waals surface area contributed by atoms with E-state index < -0.39 is 0 Å². The van der Waals surface area contributed by atoms with Gasteiger partial charge in [-0.1, -0.05) is 37.3 Å². The lowest BCUT2D eigenvalue weighted by atomic mass is 9.97. The Hall–Kier alpha value is -3.71. The predicted molar refractivity (Wildman–Crippen MR) is 147 cm³/mol. The molecular weight excluding hydrogens is 450 g/mol. The predicted octanol–water partition coefficient (Wildman–Crippen LogP) is 4.52. The average molecular weight is 486 g/mol. The van der Waals surface area contributed by atoms with E-state index in [-0.39, 0.29) is 11.2 Å². The van der Waals surface area contributed by atoms with Gasteiger partial charge in [0.2, 0.25) is 6.41 Å². The topological polar surface area (TPSA) is 79.3 Å². The van der Waals surface area contributed by atoms with Crippen LogP contribution in [-0.2, 0) is 11.3 Å². The van der Waals surface area contributed by atoms with Crippen LogP contribution in [0.4, 0.5) is 5.69 Å². The van der Waals surface area contributed by atoms with Crippen molar-refractivity contribution in [3.63, 3.8) is 0 Å². The average Bonchev–Trinajstić information content (AvgIpc) is 2.90. The van der Waals surface area contributed by atoms with Gasteiger partial charge in [0, 0.05) is 30.9 Å². The molecule has 1 aliphatic heterocycles. The first-order valence-electron chi connectivity index (χ1n) is 12.7. The lowest BCUT2D eigenvalue weighted by Crippen LogP contribution is -2.35. The molecule has 0 atom stereocenters. The number of anilines is 1. The van der Waals surface area contributed by atoms with Gasteiger partial charge in [0.25, 0.3) is 5.56 Å². The van der Waals surface area contributed by atoms with Gasteiger partial charge in [0.15, 0.2) is 0 Å². The number of benzene rings is 2. The molecule has 0 unspecified atom stereocenters. The summed E-state index contributed by atoms with van der Waals surface area (Å²) in [6.45, 7) is 12.9. The van der Waals surface area contributed by atoms with Gasteiger partial charge in [-0.15, -0.1) is 0 Å². The molecule has 0 saturated carbocycles. The number of nitrogens with zero attached hydrogens (tertiary/aromatic N) is 3. The quantitative estimate of drug-likeness (QED) is 0.413. The maximum Gasteiger partial charge on any atom is 0.290 e. The number of aryl methyl sites for hydroxylation is 2. The Kier molecular flexibility index (Phi) is 8.33. The van der Waals surface area contributed by atoms with E-state index in [1.807, 2.05) is 19.1 Å². The molecule has 1 aliphatic rings. The molecule has 1 saturated heterocycles. The van der Waals surface area contributed by atoms with Crippen molar-refractivity contribution in [2.24, 2.45) is 0 Å². The van der Waals surface area contributed by atoms with Crippen LogP contribution in [-0.4, -0.2) is 47.3 Å². The summed E-state index contributed by atoms with van der Waals surface area (Å²) in [7, 11) is 0. The van der Waals surface area contributed by atoms with Gasteiger partial charge in [-0.05, 0) is 86.3 Å². The van der Waals surface area contributed by atoms with Crippen LogP contribution in [0.3, 0.4) is 0 Å². The van der Waals surface area contributed by atoms with Gasteiger partial charge in [-0.3, -0.25) is 9.59 Å². The van der Waals surface area contributed by atoms with Crippen LogP contribution >= 0.6 is 0 Å². The van der Waals surface area contributed by atoms with Crippen molar-refractivity contribution < 1.29 is 4.79 Å². The second-order valence-electron chi connectivity index (χ2n) is 9.30. The highest BCUT2D eigenvalue weighted by molar-refractivity contribution is 5.77. The van der Waals surface area contributed by atoms with Crippen LogP contribution in [0.5, 0.6) is 0 Å². The first kappa shape index (κ1) is 25.4. The number of hydrogen-bond acceptors (Lipinski definition) is 5. The molecule has 1 aromatic heterocycles. The fourth-order valence-corrected chi connectivity index (χ4v) is 4.70. The van der Waals surface area contributed by atoms with Gasteiger partial charge in [-0.25, -0.2) is 4.68 Å². The van der Waals surface area contributed by atoms with Crippen molar-refractivity contribution in [3.8, 4) is 22.4 Å². The lowest BCUT2D eigenvalue weighted by Gasteiger charge is -2.26. The lowest BCUT2D eigenvalue weighted by molar-refractivity contribution is -0.105. The van der Waals surface area contributed by atoms with Gasteiger partial charge in [-0.2, -0.15) is 5.10 Å². The molecular formula is C29H35N5O2. The minimum absolute atomic E-state index is 0.215. The number of nitrogens with one attached hydrogen (secondary N) is 2. The Morgan fingerprint density at radius 2 is 1.83 bits per heavy atom. The van der Waals surface area contributed by atoms with Crippen molar-refractivity contribution in [1.82, 2.24) is 20.0 Å². The fourth-order valence-electron chi connectivity index (χ4n) is 4.70. The Balaban J connectivity index is 1.56.